The molecule has 2 atom stereocenters. The van der Waals surface area contributed by atoms with Gasteiger partial charge in [0.25, 0.3) is 5.91 Å². The summed E-state index contributed by atoms with van der Waals surface area (Å²) in [4.78, 5) is 29.4. The lowest BCUT2D eigenvalue weighted by Gasteiger charge is -2.39. The molecule has 0 spiro atoms. The van der Waals surface area contributed by atoms with E-state index in [1.165, 1.54) is 6.42 Å². The van der Waals surface area contributed by atoms with Gasteiger partial charge in [-0.2, -0.15) is 12.6 Å². The van der Waals surface area contributed by atoms with Gasteiger partial charge in [-0.3, -0.25) is 14.5 Å². The predicted molar refractivity (Wildman–Crippen MR) is 210 cm³/mol. The van der Waals surface area contributed by atoms with Crippen molar-refractivity contribution in [2.24, 2.45) is 0 Å². The highest BCUT2D eigenvalue weighted by Gasteiger charge is 2.31. The molecule has 1 aliphatic heterocycles. The number of nitrogens with zero attached hydrogens (tertiary/aromatic N) is 2. The third-order valence-electron chi connectivity index (χ3n) is 10.5. The molecule has 7 nitrogen and oxygen atoms in total. The van der Waals surface area contributed by atoms with Gasteiger partial charge in [0.15, 0.2) is 6.54 Å². The lowest BCUT2D eigenvalue weighted by molar-refractivity contribution is -0.921. The van der Waals surface area contributed by atoms with Crippen LogP contribution in [0.4, 0.5) is 11.4 Å². The van der Waals surface area contributed by atoms with Gasteiger partial charge in [-0.15, -0.1) is 0 Å². The summed E-state index contributed by atoms with van der Waals surface area (Å²) in [5, 5.41) is 15.9. The summed E-state index contributed by atoms with van der Waals surface area (Å²) < 4.78 is 0.819. The van der Waals surface area contributed by atoms with Gasteiger partial charge in [0, 0.05) is 18.0 Å². The van der Waals surface area contributed by atoms with E-state index < -0.39 is 0 Å². The predicted octanol–water partition coefficient (Wildman–Crippen LogP) is 8.38. The van der Waals surface area contributed by atoms with Crippen molar-refractivity contribution in [2.45, 2.75) is 124 Å². The van der Waals surface area contributed by atoms with Crippen LogP contribution in [0.3, 0.4) is 0 Å². The topological polar surface area (TPSA) is 81.7 Å². The molecule has 2 aromatic carbocycles. The van der Waals surface area contributed by atoms with E-state index in [9.17, 15) is 14.7 Å². The molecule has 3 N–H and O–H groups in total. The number of hydrogen-bond acceptors (Lipinski definition) is 5. The number of thiol groups is 1. The Labute approximate surface area is 303 Å². The maximum absolute atomic E-state index is 13.6. The van der Waals surface area contributed by atoms with E-state index in [-0.39, 0.29) is 24.5 Å². The molecule has 0 saturated carbocycles. The van der Waals surface area contributed by atoms with E-state index in [0.29, 0.717) is 6.54 Å². The second-order valence-electron chi connectivity index (χ2n) is 14.6. The van der Waals surface area contributed by atoms with Crippen molar-refractivity contribution in [2.75, 3.05) is 62.3 Å². The number of anilines is 2. The van der Waals surface area contributed by atoms with Crippen molar-refractivity contribution in [3.63, 3.8) is 0 Å². The van der Waals surface area contributed by atoms with E-state index in [0.717, 1.165) is 160 Å². The highest BCUT2D eigenvalue weighted by Crippen LogP contribution is 2.25. The SMILES string of the molecule is Cc1cccc(C)c1NC(=O)C[N+](CCCCCO)(CCCCCS)CCCCCCCN1CCCC[C@H]1C(=O)Nc1c(C)cccc1C. The van der Waals surface area contributed by atoms with Gasteiger partial charge < -0.3 is 20.2 Å². The smallest absolute Gasteiger partial charge is 0.279 e. The molecule has 274 valence electrons. The first kappa shape index (κ1) is 41.0. The number of carbonyl (C=O) groups is 2. The summed E-state index contributed by atoms with van der Waals surface area (Å²) in [7, 11) is 0. The van der Waals surface area contributed by atoms with Gasteiger partial charge in [-0.25, -0.2) is 0 Å². The Bertz CT molecular complexity index is 1230. The number of para-hydroxylation sites is 2. The number of aryl methyl sites for hydroxylation is 4. The third-order valence-corrected chi connectivity index (χ3v) is 10.8. The first-order valence-corrected chi connectivity index (χ1v) is 19.9. The van der Waals surface area contributed by atoms with Crippen LogP contribution in [0.1, 0.15) is 112 Å². The fourth-order valence-corrected chi connectivity index (χ4v) is 7.83. The van der Waals surface area contributed by atoms with Crippen LogP contribution >= 0.6 is 12.6 Å². The van der Waals surface area contributed by atoms with Gasteiger partial charge in [0.2, 0.25) is 5.91 Å². The Balaban J connectivity index is 1.54. The number of nitrogens with one attached hydrogen (secondary N) is 2. The van der Waals surface area contributed by atoms with Crippen molar-refractivity contribution in [1.82, 2.24) is 4.90 Å². The van der Waals surface area contributed by atoms with Crippen molar-refractivity contribution in [1.29, 1.82) is 0 Å². The third kappa shape index (κ3) is 14.0. The highest BCUT2D eigenvalue weighted by atomic mass is 32.1. The zero-order valence-electron chi connectivity index (χ0n) is 31.2. The second kappa shape index (κ2) is 22.4. The molecule has 0 radical (unpaired) electrons. The summed E-state index contributed by atoms with van der Waals surface area (Å²) in [6.45, 7) is 13.9. The summed E-state index contributed by atoms with van der Waals surface area (Å²) in [6, 6.07) is 12.3. The number of amides is 2. The molecule has 49 heavy (non-hydrogen) atoms. The fraction of sp³-hybridized carbons (Fsp3) is 0.659. The molecule has 8 heteroatoms. The summed E-state index contributed by atoms with van der Waals surface area (Å²) in [5.41, 5.74) is 6.33. The second-order valence-corrected chi connectivity index (χ2v) is 15.1. The number of rotatable bonds is 23. The summed E-state index contributed by atoms with van der Waals surface area (Å²) >= 11 is 4.43. The number of benzene rings is 2. The number of aliphatic hydroxyl groups excluding tert-OH is 1. The Morgan fingerprint density at radius 3 is 1.82 bits per heavy atom. The molecule has 2 amide bonds. The summed E-state index contributed by atoms with van der Waals surface area (Å²) in [5.74, 6) is 1.14. The number of hydrogen-bond donors (Lipinski definition) is 4. The van der Waals surface area contributed by atoms with Crippen LogP contribution in [0.25, 0.3) is 0 Å². The summed E-state index contributed by atoms with van der Waals surface area (Å²) in [6.07, 6.45) is 15.1. The van der Waals surface area contributed by atoms with E-state index in [1.807, 2.05) is 12.1 Å². The monoisotopic (exact) mass is 695 g/mol. The average molecular weight is 696 g/mol. The largest absolute Gasteiger partial charge is 0.396 e. The van der Waals surface area contributed by atoms with Crippen LogP contribution in [-0.4, -0.2) is 84.0 Å². The molecule has 0 aromatic heterocycles. The van der Waals surface area contributed by atoms with Gasteiger partial charge >= 0.3 is 0 Å². The number of aliphatic hydroxyl groups is 1. The minimum absolute atomic E-state index is 0.0475. The van der Waals surface area contributed by atoms with E-state index in [2.05, 4.69) is 80.1 Å². The van der Waals surface area contributed by atoms with Crippen molar-refractivity contribution >= 4 is 35.8 Å². The van der Waals surface area contributed by atoms with Gasteiger partial charge in [0.1, 0.15) is 0 Å². The minimum Gasteiger partial charge on any atom is -0.396 e. The van der Waals surface area contributed by atoms with Crippen molar-refractivity contribution in [3.8, 4) is 0 Å². The number of quaternary nitrogens is 1. The van der Waals surface area contributed by atoms with Gasteiger partial charge in [0.05, 0.1) is 25.7 Å². The molecule has 3 rings (SSSR count). The number of carbonyl (C=O) groups excluding carboxylic acids is 2. The zero-order chi connectivity index (χ0) is 35.5. The molecular formula is C41H67N4O3S+. The molecule has 0 bridgehead atoms. The molecule has 1 aliphatic rings. The number of unbranched alkanes of at least 4 members (excludes halogenated alkanes) is 8. The maximum Gasteiger partial charge on any atom is 0.279 e. The lowest BCUT2D eigenvalue weighted by atomic mass is 10.00. The van der Waals surface area contributed by atoms with Crippen LogP contribution in [0, 0.1) is 27.7 Å². The number of piperidine rings is 1. The molecular weight excluding hydrogens is 629 g/mol. The highest BCUT2D eigenvalue weighted by molar-refractivity contribution is 7.80. The van der Waals surface area contributed by atoms with E-state index >= 15 is 0 Å². The van der Waals surface area contributed by atoms with E-state index in [1.54, 1.807) is 0 Å². The number of likely N-dealkylation sites (tertiary alicyclic amines) is 1. The van der Waals surface area contributed by atoms with Gasteiger partial charge in [-0.05, 0) is 139 Å². The average Bonchev–Trinajstić information content (AvgIpc) is 3.08. The zero-order valence-corrected chi connectivity index (χ0v) is 32.1. The van der Waals surface area contributed by atoms with Crippen LogP contribution in [-0.2, 0) is 9.59 Å². The fourth-order valence-electron chi connectivity index (χ4n) is 7.61. The normalized spacial score (nSPS) is 16.3. The Morgan fingerprint density at radius 2 is 1.24 bits per heavy atom. The standard InChI is InChI=1S/C41H66N4O3S/c1-33-20-18-21-34(2)39(33)42-38(47)32-45(28-14-8-16-30-46,29-15-9-17-31-49)27-13-7-5-6-11-25-44-26-12-10-24-37(44)41(48)43-40-35(3)22-19-23-36(40)4/h18-23,37,46H,5-17,24-32H2,1-4H3,(H2-,42,43,47,48,49)/p+1/t37-,45?/m0/s1. The Morgan fingerprint density at radius 1 is 0.735 bits per heavy atom. The first-order valence-electron chi connectivity index (χ1n) is 19.2. The van der Waals surface area contributed by atoms with E-state index in [4.69, 9.17) is 0 Å². The van der Waals surface area contributed by atoms with Crippen LogP contribution in [0.15, 0.2) is 36.4 Å². The van der Waals surface area contributed by atoms with Crippen LogP contribution < -0.4 is 10.6 Å². The van der Waals surface area contributed by atoms with Crippen molar-refractivity contribution < 1.29 is 19.2 Å². The molecule has 1 fully saturated rings. The first-order chi connectivity index (χ1) is 23.7. The minimum atomic E-state index is -0.0475. The molecule has 2 aromatic rings. The van der Waals surface area contributed by atoms with Crippen LogP contribution in [0.2, 0.25) is 0 Å². The molecule has 1 saturated heterocycles. The maximum atomic E-state index is 13.6. The quantitative estimate of drug-likeness (QED) is 0.0535. The molecule has 1 heterocycles. The van der Waals surface area contributed by atoms with Crippen LogP contribution in [0.5, 0.6) is 0 Å². The molecule has 1 unspecified atom stereocenters. The lowest BCUT2D eigenvalue weighted by Crippen LogP contribution is -2.54. The Hall–Kier alpha value is -2.39. The Kier molecular flexibility index (Phi) is 18.8. The molecule has 0 aliphatic carbocycles. The van der Waals surface area contributed by atoms with Crippen molar-refractivity contribution in [3.05, 3.63) is 58.7 Å². The van der Waals surface area contributed by atoms with Gasteiger partial charge in [-0.1, -0.05) is 55.7 Å².